The maximum Gasteiger partial charge on any atom is 0.335 e. The lowest BCUT2D eigenvalue weighted by molar-refractivity contribution is -0.165. The van der Waals surface area contributed by atoms with E-state index in [-0.39, 0.29) is 18.2 Å². The summed E-state index contributed by atoms with van der Waals surface area (Å²) in [5.41, 5.74) is 14.6. The summed E-state index contributed by atoms with van der Waals surface area (Å²) < 4.78 is 4.82. The summed E-state index contributed by atoms with van der Waals surface area (Å²) in [4.78, 5) is 39.2. The Morgan fingerprint density at radius 3 is 2.42 bits per heavy atom. The van der Waals surface area contributed by atoms with Gasteiger partial charge in [0.05, 0.1) is 5.92 Å². The summed E-state index contributed by atoms with van der Waals surface area (Å²) in [5.74, 6) is 0.00144. The molecule has 9 heteroatoms. The van der Waals surface area contributed by atoms with Gasteiger partial charge in [-0.3, -0.25) is 15.0 Å². The number of nitrogens with zero attached hydrogens (tertiary/aromatic N) is 1. The molecule has 1 saturated heterocycles. The number of amides is 1. The van der Waals surface area contributed by atoms with Crippen molar-refractivity contribution in [3.05, 3.63) is 29.8 Å². The minimum absolute atomic E-state index is 0.0664. The van der Waals surface area contributed by atoms with Crippen LogP contribution in [0.3, 0.4) is 0 Å². The summed E-state index contributed by atoms with van der Waals surface area (Å²) in [7, 11) is -1.73. The molecule has 2 atom stereocenters. The Hall–Kier alpha value is -2.96. The molecule has 5 N–H and O–H groups in total. The average molecular weight is 443 g/mol. The Balaban J connectivity index is 2.38. The van der Waals surface area contributed by atoms with E-state index in [9.17, 15) is 14.4 Å². The third-order valence-electron chi connectivity index (χ3n) is 5.01. The van der Waals surface area contributed by atoms with Gasteiger partial charge in [0, 0.05) is 31.1 Å². The van der Waals surface area contributed by atoms with E-state index < -0.39 is 31.5 Å². The van der Waals surface area contributed by atoms with Crippen molar-refractivity contribution in [1.82, 2.24) is 0 Å². The lowest BCUT2D eigenvalue weighted by Crippen LogP contribution is -2.61. The van der Waals surface area contributed by atoms with Crippen LogP contribution in [-0.4, -0.2) is 43.8 Å². The van der Waals surface area contributed by atoms with Crippen molar-refractivity contribution in [1.29, 1.82) is 5.41 Å². The van der Waals surface area contributed by atoms with Crippen LogP contribution in [0.15, 0.2) is 24.3 Å². The molecule has 31 heavy (non-hydrogen) atoms. The molecule has 8 nitrogen and oxygen atoms in total. The first-order valence-corrected chi connectivity index (χ1v) is 13.6. The van der Waals surface area contributed by atoms with Crippen molar-refractivity contribution in [3.8, 4) is 11.5 Å². The molecule has 0 bridgehead atoms. The third kappa shape index (κ3) is 6.03. The van der Waals surface area contributed by atoms with Gasteiger partial charge < -0.3 is 21.1 Å². The molecule has 1 aliphatic heterocycles. The Labute approximate surface area is 183 Å². The van der Waals surface area contributed by atoms with Crippen LogP contribution in [0.2, 0.25) is 19.6 Å². The molecule has 1 amide bonds. The van der Waals surface area contributed by atoms with E-state index in [2.05, 4.69) is 31.1 Å². The molecule has 2 unspecified atom stereocenters. The third-order valence-corrected chi connectivity index (χ3v) is 5.94. The topological polar surface area (TPSA) is 140 Å². The van der Waals surface area contributed by atoms with Gasteiger partial charge in [-0.05, 0) is 37.1 Å². The number of hydrogen-bond donors (Lipinski definition) is 3. The molecule has 0 aromatic heterocycles. The van der Waals surface area contributed by atoms with Gasteiger partial charge in [0.25, 0.3) is 0 Å². The van der Waals surface area contributed by atoms with Crippen LogP contribution in [0, 0.1) is 22.8 Å². The Bertz CT molecular complexity index is 943. The van der Waals surface area contributed by atoms with Crippen LogP contribution in [0.25, 0.3) is 0 Å². The number of hydrogen-bond acceptors (Lipinski definition) is 6. The fraction of sp³-hybridized carbons (Fsp3) is 0.455. The summed E-state index contributed by atoms with van der Waals surface area (Å²) in [6.07, 6.45) is 0.939. The second-order valence-electron chi connectivity index (χ2n) is 8.80. The number of carbonyl (C=O) groups excluding carboxylic acids is 3. The van der Waals surface area contributed by atoms with E-state index in [1.54, 1.807) is 29.2 Å². The second-order valence-corrected chi connectivity index (χ2v) is 13.5. The zero-order chi connectivity index (χ0) is 23.4. The minimum Gasteiger partial charge on any atom is -0.392 e. The summed E-state index contributed by atoms with van der Waals surface area (Å²) in [6.45, 7) is 7.77. The number of piperidine rings is 1. The number of benzene rings is 1. The fourth-order valence-electron chi connectivity index (χ4n) is 3.45. The van der Waals surface area contributed by atoms with Crippen LogP contribution in [-0.2, 0) is 19.1 Å². The Kier molecular flexibility index (Phi) is 7.41. The lowest BCUT2D eigenvalue weighted by atomic mass is 9.76. The van der Waals surface area contributed by atoms with Crippen LogP contribution >= 0.6 is 0 Å². The molecule has 1 aliphatic rings. The fourth-order valence-corrected chi connectivity index (χ4v) is 4.07. The van der Waals surface area contributed by atoms with Gasteiger partial charge in [0.2, 0.25) is 5.91 Å². The van der Waals surface area contributed by atoms with Crippen molar-refractivity contribution >= 4 is 37.4 Å². The number of esters is 2. The van der Waals surface area contributed by atoms with Gasteiger partial charge in [-0.1, -0.05) is 19.6 Å². The molecular formula is C22H30N4O4Si. The monoisotopic (exact) mass is 442 g/mol. The Morgan fingerprint density at radius 2 is 1.90 bits per heavy atom. The van der Waals surface area contributed by atoms with Crippen molar-refractivity contribution in [2.24, 2.45) is 17.4 Å². The molecule has 1 heterocycles. The first-order chi connectivity index (χ1) is 14.3. The molecule has 1 aromatic carbocycles. The highest BCUT2D eigenvalue weighted by molar-refractivity contribution is 6.83. The normalized spacial score (nSPS) is 18.4. The maximum atomic E-state index is 13.4. The highest BCUT2D eigenvalue weighted by Gasteiger charge is 2.50. The first kappa shape index (κ1) is 24.3. The molecule has 0 spiro atoms. The molecule has 166 valence electrons. The molecular weight excluding hydrogens is 412 g/mol. The van der Waals surface area contributed by atoms with Crippen LogP contribution < -0.4 is 16.4 Å². The lowest BCUT2D eigenvalue weighted by Gasteiger charge is -2.39. The van der Waals surface area contributed by atoms with E-state index in [0.29, 0.717) is 30.6 Å². The standard InChI is InChI=1S/C22H30N4O4Si/c1-15(27)30-21(29)22(25,12-6-14-31(2,3)4)18-7-5-13-26(20(18)28)17-10-8-16(9-11-17)19(23)24/h8-11,18H,5,7,12-13,25H2,1-4H3,(H3,23,24). The van der Waals surface area contributed by atoms with Crippen molar-refractivity contribution in [2.45, 2.75) is 51.4 Å². The molecule has 1 aromatic rings. The summed E-state index contributed by atoms with van der Waals surface area (Å²) in [6, 6.07) is 6.73. The molecule has 0 saturated carbocycles. The predicted octanol–water partition coefficient (Wildman–Crippen LogP) is 1.77. The number of amidine groups is 1. The van der Waals surface area contributed by atoms with E-state index in [0.717, 1.165) is 6.92 Å². The quantitative estimate of drug-likeness (QED) is 0.159. The number of ether oxygens (including phenoxy) is 1. The number of carbonyl (C=O) groups is 3. The van der Waals surface area contributed by atoms with E-state index >= 15 is 0 Å². The first-order valence-electron chi connectivity index (χ1n) is 10.1. The second kappa shape index (κ2) is 9.45. The average Bonchev–Trinajstić information content (AvgIpc) is 2.66. The van der Waals surface area contributed by atoms with Crippen LogP contribution in [0.4, 0.5) is 5.69 Å². The van der Waals surface area contributed by atoms with E-state index in [1.165, 1.54) is 0 Å². The zero-order valence-electron chi connectivity index (χ0n) is 18.5. The summed E-state index contributed by atoms with van der Waals surface area (Å²) in [5, 5.41) is 7.51. The number of nitrogen functional groups attached to an aromatic ring is 1. The SMILES string of the molecule is CC(=O)OC(=O)C(N)(CC#C[Si](C)(C)C)C1CCCN(c2ccc(C(=N)N)cc2)C1=O. The molecule has 0 aliphatic carbocycles. The van der Waals surface area contributed by atoms with Gasteiger partial charge in [0.15, 0.2) is 0 Å². The molecule has 2 rings (SSSR count). The van der Waals surface area contributed by atoms with Gasteiger partial charge in [-0.2, -0.15) is 0 Å². The minimum atomic E-state index is -1.73. The smallest absolute Gasteiger partial charge is 0.335 e. The molecule has 0 radical (unpaired) electrons. The number of rotatable bonds is 5. The largest absolute Gasteiger partial charge is 0.392 e. The Morgan fingerprint density at radius 1 is 1.29 bits per heavy atom. The van der Waals surface area contributed by atoms with Crippen molar-refractivity contribution < 1.29 is 19.1 Å². The number of nitrogens with two attached hydrogens (primary N) is 2. The van der Waals surface area contributed by atoms with Crippen LogP contribution in [0.1, 0.15) is 31.7 Å². The number of anilines is 1. The van der Waals surface area contributed by atoms with Gasteiger partial charge in [0.1, 0.15) is 19.4 Å². The van der Waals surface area contributed by atoms with Crippen LogP contribution in [0.5, 0.6) is 0 Å². The van der Waals surface area contributed by atoms with Gasteiger partial charge >= 0.3 is 11.9 Å². The highest BCUT2D eigenvalue weighted by atomic mass is 28.3. The maximum absolute atomic E-state index is 13.4. The number of nitrogens with one attached hydrogen (secondary N) is 1. The predicted molar refractivity (Wildman–Crippen MR) is 122 cm³/mol. The van der Waals surface area contributed by atoms with E-state index in [4.69, 9.17) is 21.6 Å². The van der Waals surface area contributed by atoms with Crippen molar-refractivity contribution in [2.75, 3.05) is 11.4 Å². The van der Waals surface area contributed by atoms with Gasteiger partial charge in [-0.25, -0.2) is 4.79 Å². The van der Waals surface area contributed by atoms with Crippen molar-refractivity contribution in [3.63, 3.8) is 0 Å². The molecule has 1 fully saturated rings. The van der Waals surface area contributed by atoms with E-state index in [1.807, 2.05) is 0 Å². The summed E-state index contributed by atoms with van der Waals surface area (Å²) >= 11 is 0. The zero-order valence-corrected chi connectivity index (χ0v) is 19.5. The van der Waals surface area contributed by atoms with Gasteiger partial charge in [-0.15, -0.1) is 11.5 Å². The highest BCUT2D eigenvalue weighted by Crippen LogP contribution is 2.33.